The van der Waals surface area contributed by atoms with Crippen molar-refractivity contribution in [2.24, 2.45) is 0 Å². The number of carbonyl (C=O) groups is 10. The number of aliphatic carboxylic acids is 4. The van der Waals surface area contributed by atoms with E-state index in [4.69, 9.17) is 71.1 Å². The van der Waals surface area contributed by atoms with E-state index in [9.17, 15) is 191 Å². The molecule has 34 N–H and O–H groups in total. The van der Waals surface area contributed by atoms with Crippen LogP contribution >= 0.6 is 0 Å². The van der Waals surface area contributed by atoms with E-state index in [0.29, 0.717) is 0 Å². The first-order valence-electron chi connectivity index (χ1n) is 40.6. The zero-order valence-corrected chi connectivity index (χ0v) is 70.3. The fourth-order valence-corrected chi connectivity index (χ4v) is 16.6. The van der Waals surface area contributed by atoms with E-state index in [0.717, 1.165) is 41.5 Å². The Balaban J connectivity index is 1.05. The van der Waals surface area contributed by atoms with E-state index in [-0.39, 0.29) is 0 Å². The van der Waals surface area contributed by atoms with Crippen molar-refractivity contribution in [3.05, 3.63) is 0 Å². The number of carboxylic acid groups (broad SMARTS) is 4. The second-order valence-electron chi connectivity index (χ2n) is 32.5. The Bertz CT molecular complexity index is 3860. The Hall–Kier alpha value is -6.86. The molecule has 8 saturated heterocycles. The summed E-state index contributed by atoms with van der Waals surface area (Å²) >= 11 is 0. The van der Waals surface area contributed by atoms with Gasteiger partial charge in [0.05, 0.1) is 101 Å². The van der Waals surface area contributed by atoms with Gasteiger partial charge in [0.25, 0.3) is 23.1 Å². The van der Waals surface area contributed by atoms with Crippen LogP contribution in [-0.2, 0) is 119 Å². The van der Waals surface area contributed by atoms with Crippen LogP contribution in [0.1, 0.15) is 67.2 Å². The van der Waals surface area contributed by atoms with Crippen molar-refractivity contribution in [1.82, 2.24) is 31.9 Å². The number of aliphatic hydroxyl groups is 24. The molecule has 0 unspecified atom stereocenters. The zero-order valence-electron chi connectivity index (χ0n) is 70.3. The maximum Gasteiger partial charge on any atom is 0.364 e. The quantitative estimate of drug-likeness (QED) is 0.0271. The number of aliphatic hydroxyl groups excluding tert-OH is 24. The lowest BCUT2D eigenvalue weighted by atomic mass is 9.86. The molecule has 131 heavy (non-hydrogen) atoms. The van der Waals surface area contributed by atoms with Crippen molar-refractivity contribution >= 4 is 59.3 Å². The molecule has 0 aromatic carbocycles. The van der Waals surface area contributed by atoms with Crippen molar-refractivity contribution in [3.63, 3.8) is 0 Å². The highest BCUT2D eigenvalue weighted by atomic mass is 16.8. The molecule has 8 rings (SSSR count). The minimum absolute atomic E-state index is 0.777. The van der Waals surface area contributed by atoms with Gasteiger partial charge in [-0.1, -0.05) is 0 Å². The van der Waals surface area contributed by atoms with Crippen LogP contribution in [0.3, 0.4) is 0 Å². The first-order chi connectivity index (χ1) is 61.2. The van der Waals surface area contributed by atoms with Gasteiger partial charge in [-0.15, -0.1) is 0 Å². The van der Waals surface area contributed by atoms with Gasteiger partial charge < -0.3 is 246 Å². The van der Waals surface area contributed by atoms with Gasteiger partial charge in [0.1, 0.15) is 171 Å². The molecule has 0 saturated carbocycles. The molecule has 752 valence electrons. The van der Waals surface area contributed by atoms with Crippen LogP contribution in [0.5, 0.6) is 0 Å². The molecule has 44 atom stereocenters. The fraction of sp³-hybridized carbons (Fsp3) is 0.861. The summed E-state index contributed by atoms with van der Waals surface area (Å²) in [6, 6.07) is -12.0. The number of rotatable bonds is 40. The molecule has 59 heteroatoms. The number of nitrogens with one attached hydrogen (secondary N) is 6. The number of hydrogen-bond acceptors (Lipinski definition) is 49. The predicted octanol–water partition coefficient (Wildman–Crippen LogP) is -20.8. The molecule has 6 amide bonds. The summed E-state index contributed by atoms with van der Waals surface area (Å²) in [5.74, 6) is -29.8. The van der Waals surface area contributed by atoms with E-state index in [2.05, 4.69) is 31.9 Å². The highest BCUT2D eigenvalue weighted by Crippen LogP contribution is 2.44. The van der Waals surface area contributed by atoms with Crippen molar-refractivity contribution in [2.75, 3.05) is 52.9 Å². The van der Waals surface area contributed by atoms with Crippen LogP contribution in [-0.4, -0.2) is 523 Å². The van der Waals surface area contributed by atoms with Crippen molar-refractivity contribution in [3.8, 4) is 0 Å². The van der Waals surface area contributed by atoms with Gasteiger partial charge in [-0.3, -0.25) is 28.8 Å². The molecule has 8 fully saturated rings. The van der Waals surface area contributed by atoms with Crippen molar-refractivity contribution in [2.45, 2.75) is 335 Å². The number of carbonyl (C=O) groups excluding carboxylic acids is 6. The van der Waals surface area contributed by atoms with E-state index >= 15 is 0 Å². The van der Waals surface area contributed by atoms with E-state index in [1.807, 2.05) is 0 Å². The molecular formula is C72H116N6O53. The normalized spacial score (nSPS) is 41.8. The number of amides is 6. The third-order valence-corrected chi connectivity index (χ3v) is 23.0. The third-order valence-electron chi connectivity index (χ3n) is 23.0. The molecule has 0 aromatic rings. The number of ether oxygens (including phenoxy) is 15. The number of hydrogen-bond donors (Lipinski definition) is 34. The topological polar surface area (TPSA) is 948 Å². The standard InChI is InChI=1S/C72H116N6O53/c1-19(86)73-37-26(93)8-70(66(111)112,129-56(37)43(97)29(96)11-79)125-33(15-83)47(101)58-39(75-21(3)88)28(95)10-72(131-58,68(115)116)127-34(16-84)48(102)59-40(76-22(4)89)27(94)9-71(130-59,67(113)114)126-32(14-82)46(100)57-38(74-20(2)87)25(92)7-69(128-57,65(109)110)117-18-36-49(103)55(42(61(108)118-36)78-24(6)91)123-64-53(107)60(45(99)31(13-81)120-64)124-63-52(106)51(105)54(35(17-85)121-63)122-62-41(77-23(5)90)50(104)44(98)30(12-80)119-62/h25-64,79-85,92-108H,7-18H2,1-6H3,(H,73,86)(H,74,87)(H,75,88)(H,76,89)(H,77,90)(H,78,91)(H,109,110)(H,111,112)(H,113,114)(H,115,116)/t25-,26-,27-,28-,29+,30+,31+,32+,33+,34+,35+,36+,37+,38+,39+,40+,41+,42+,43+,44-,45-,46+,47+,48+,49-,50+,51+,52+,53+,54-,55+,56+,57+,58+,59+,60-,61-,62-,63-,64-,69+,70+,71+,72+/m0/s1. The van der Waals surface area contributed by atoms with Crippen LogP contribution in [0, 0.1) is 0 Å². The molecule has 8 aliphatic rings. The highest BCUT2D eigenvalue weighted by molar-refractivity contribution is 5.79. The van der Waals surface area contributed by atoms with Gasteiger partial charge >= 0.3 is 23.9 Å². The minimum Gasteiger partial charge on any atom is -0.477 e. The van der Waals surface area contributed by atoms with Gasteiger partial charge in [-0.2, -0.15) is 0 Å². The first kappa shape index (κ1) is 109. The molecule has 8 heterocycles. The summed E-state index contributed by atoms with van der Waals surface area (Å²) in [5.41, 5.74) is 0. The Morgan fingerprint density at radius 1 is 0.321 bits per heavy atom. The van der Waals surface area contributed by atoms with Gasteiger partial charge in [0.2, 0.25) is 35.4 Å². The smallest absolute Gasteiger partial charge is 0.364 e. The lowest BCUT2D eigenvalue weighted by molar-refractivity contribution is -0.383. The van der Waals surface area contributed by atoms with Gasteiger partial charge in [0.15, 0.2) is 25.2 Å². The van der Waals surface area contributed by atoms with Crippen molar-refractivity contribution in [1.29, 1.82) is 0 Å². The van der Waals surface area contributed by atoms with Gasteiger partial charge in [-0.25, -0.2) is 19.2 Å². The number of carboxylic acids is 4. The van der Waals surface area contributed by atoms with Crippen LogP contribution in [0.4, 0.5) is 0 Å². The molecule has 0 radical (unpaired) electrons. The summed E-state index contributed by atoms with van der Waals surface area (Å²) in [7, 11) is 0. The zero-order chi connectivity index (χ0) is 98.2. The largest absolute Gasteiger partial charge is 0.477 e. The molecule has 0 bridgehead atoms. The highest BCUT2D eigenvalue weighted by Gasteiger charge is 2.66. The Morgan fingerprint density at radius 2 is 0.626 bits per heavy atom. The average Bonchev–Trinajstić information content (AvgIpc) is 0.752. The minimum atomic E-state index is -3.73. The molecule has 0 spiro atoms. The Morgan fingerprint density at radius 3 is 0.985 bits per heavy atom. The van der Waals surface area contributed by atoms with E-state index in [1.165, 1.54) is 0 Å². The SMILES string of the molecule is CC(=O)N[C@@H]1[C@@H](O[C@@H]2O[C@H](CO)[C@H](O)[C@H](O[C@@H]3O[C@H](CO)[C@H](O[C@@H]4O[C@H](CO)[C@H](O)[C@H](O)[C@H]4NC(C)=O)[C@H](O)[C@H]3O)[C@H]2O)[C@@H](O)[C@@H](CO[C@]2(C(=O)O)C[C@H](O)[C@@H](NC(C)=O)[C@H]([C@H](O)[C@@H](CO)O[C@]3(C(=O)O)C[C@H](O)[C@@H](NC(C)=O)[C@H]([C@H](O)[C@@H](CO)O[C@]4(C(=O)O)C[C@H](O)[C@@H](NC(C)=O)[C@H]([C@H](O)[C@@H](CO)O[C@]5(C(=O)O)C[C@H](O)[C@@H](NC(C)=O)[C@H]([C@H](O)[C@H](O)CO)O5)O4)O3)O2)O[C@@H]1O. The average molecular weight is 1910 g/mol. The fourth-order valence-electron chi connectivity index (χ4n) is 16.6. The molecule has 59 nitrogen and oxygen atoms in total. The second-order valence-corrected chi connectivity index (χ2v) is 32.5. The summed E-state index contributed by atoms with van der Waals surface area (Å²) in [5, 5.41) is 327. The summed E-state index contributed by atoms with van der Waals surface area (Å²) in [4.78, 5) is 130. The monoisotopic (exact) mass is 1910 g/mol. The maximum absolute atomic E-state index is 13.9. The lowest BCUT2D eigenvalue weighted by Crippen LogP contribution is -2.72. The molecule has 0 aliphatic carbocycles. The molecule has 0 aromatic heterocycles. The second kappa shape index (κ2) is 45.9. The predicted molar refractivity (Wildman–Crippen MR) is 403 cm³/mol. The maximum atomic E-state index is 13.9. The van der Waals surface area contributed by atoms with Crippen LogP contribution in [0.25, 0.3) is 0 Å². The van der Waals surface area contributed by atoms with E-state index in [1.54, 1.807) is 0 Å². The lowest BCUT2D eigenvalue weighted by Gasteiger charge is -2.51. The summed E-state index contributed by atoms with van der Waals surface area (Å²) < 4.78 is 85.9. The summed E-state index contributed by atoms with van der Waals surface area (Å²) in [6.45, 7) is -5.87. The molecule has 8 aliphatic heterocycles. The van der Waals surface area contributed by atoms with Gasteiger partial charge in [-0.05, 0) is 0 Å². The molecular weight excluding hydrogens is 1800 g/mol. The third kappa shape index (κ3) is 24.4. The first-order valence-corrected chi connectivity index (χ1v) is 40.6. The Kier molecular flexibility index (Phi) is 38.3. The van der Waals surface area contributed by atoms with Crippen LogP contribution in [0.15, 0.2) is 0 Å². The van der Waals surface area contributed by atoms with Crippen LogP contribution in [0.2, 0.25) is 0 Å². The van der Waals surface area contributed by atoms with Gasteiger partial charge in [0, 0.05) is 67.2 Å². The van der Waals surface area contributed by atoms with Crippen molar-refractivity contribution < 1.29 is 262 Å². The van der Waals surface area contributed by atoms with E-state index < -0.39 is 406 Å². The summed E-state index contributed by atoms with van der Waals surface area (Å²) in [6.07, 6.45) is -85.0. The van der Waals surface area contributed by atoms with Crippen LogP contribution < -0.4 is 31.9 Å². The Labute approximate surface area is 738 Å².